The number of halogens is 2. The third-order valence-electron chi connectivity index (χ3n) is 5.75. The molecule has 3 aromatic carbocycles. The Morgan fingerprint density at radius 2 is 1.79 bits per heavy atom. The first-order valence-electron chi connectivity index (χ1n) is 11.6. The molecule has 0 saturated carbocycles. The van der Waals surface area contributed by atoms with Crippen molar-refractivity contribution in [3.05, 3.63) is 100.0 Å². The first-order chi connectivity index (χ1) is 18.2. The number of pyridine rings is 1. The van der Waals surface area contributed by atoms with Gasteiger partial charge >= 0.3 is 5.97 Å². The molecule has 0 spiro atoms. The van der Waals surface area contributed by atoms with E-state index in [2.05, 4.69) is 10.3 Å². The second-order valence-electron chi connectivity index (χ2n) is 8.57. The Labute approximate surface area is 222 Å². The summed E-state index contributed by atoms with van der Waals surface area (Å²) in [5, 5.41) is 22.5. The topological polar surface area (TPSA) is 118 Å². The molecule has 0 aliphatic heterocycles. The fraction of sp³-hybridized carbons (Fsp3) is 0.179. The minimum Gasteiger partial charge on any atom is -0.508 e. The van der Waals surface area contributed by atoms with E-state index < -0.39 is 23.7 Å². The molecule has 3 N–H and O–H groups in total. The highest BCUT2D eigenvalue weighted by atomic mass is 35.5. The molecule has 8 nitrogen and oxygen atoms in total. The van der Waals surface area contributed by atoms with Gasteiger partial charge in [0.2, 0.25) is 0 Å². The summed E-state index contributed by atoms with van der Waals surface area (Å²) in [6.07, 6.45) is 0.431. The van der Waals surface area contributed by atoms with Gasteiger partial charge < -0.3 is 25.0 Å². The molecule has 0 bridgehead atoms. The second kappa shape index (κ2) is 11.9. The molecule has 1 heterocycles. The Morgan fingerprint density at radius 3 is 2.47 bits per heavy atom. The molecule has 196 valence electrons. The number of amides is 1. The number of nitrogens with one attached hydrogen (secondary N) is 1. The van der Waals surface area contributed by atoms with Crippen LogP contribution in [0.15, 0.2) is 66.7 Å². The lowest BCUT2D eigenvalue weighted by atomic mass is 10.0. The van der Waals surface area contributed by atoms with E-state index in [4.69, 9.17) is 21.1 Å². The number of carboxylic acid groups (broad SMARTS) is 1. The fourth-order valence-electron chi connectivity index (χ4n) is 3.92. The van der Waals surface area contributed by atoms with Gasteiger partial charge in [0, 0.05) is 18.6 Å². The SMILES string of the molecule is COC[C@H](Cc1ccc(O)cc1)NC(=O)c1cc(C(=O)O)c2cc(COc3ccc(Cl)c(F)c3)ccc2n1. The largest absolute Gasteiger partial charge is 0.508 e. The minimum atomic E-state index is -1.22. The number of aromatic hydroxyl groups is 1. The maximum absolute atomic E-state index is 13.7. The normalized spacial score (nSPS) is 11.8. The first kappa shape index (κ1) is 26.8. The van der Waals surface area contributed by atoms with Gasteiger partial charge in [-0.15, -0.1) is 0 Å². The van der Waals surface area contributed by atoms with Crippen LogP contribution < -0.4 is 10.1 Å². The van der Waals surface area contributed by atoms with Crippen LogP contribution in [-0.2, 0) is 17.8 Å². The Bertz CT molecular complexity index is 1480. The van der Waals surface area contributed by atoms with Crippen LogP contribution in [0.1, 0.15) is 32.0 Å². The van der Waals surface area contributed by atoms with Crippen molar-refractivity contribution in [1.29, 1.82) is 0 Å². The summed E-state index contributed by atoms with van der Waals surface area (Å²) < 4.78 is 24.5. The number of phenolic OH excluding ortho intramolecular Hbond substituents is 1. The monoisotopic (exact) mass is 538 g/mol. The second-order valence-corrected chi connectivity index (χ2v) is 8.98. The maximum atomic E-state index is 13.7. The zero-order chi connectivity index (χ0) is 27.2. The zero-order valence-corrected chi connectivity index (χ0v) is 21.0. The van der Waals surface area contributed by atoms with Crippen molar-refractivity contribution in [3.63, 3.8) is 0 Å². The average Bonchev–Trinajstić information content (AvgIpc) is 2.90. The van der Waals surface area contributed by atoms with E-state index in [0.717, 1.165) is 11.6 Å². The number of carbonyl (C=O) groups is 2. The number of fused-ring (bicyclic) bond motifs is 1. The summed E-state index contributed by atoms with van der Waals surface area (Å²) in [6, 6.07) is 16.4. The van der Waals surface area contributed by atoms with Crippen LogP contribution in [0.2, 0.25) is 5.02 Å². The summed E-state index contributed by atoms with van der Waals surface area (Å²) in [6.45, 7) is 0.265. The number of hydrogen-bond acceptors (Lipinski definition) is 6. The molecular formula is C28H24ClFN2O6. The van der Waals surface area contributed by atoms with E-state index in [1.807, 2.05) is 0 Å². The molecule has 0 saturated heterocycles. The van der Waals surface area contributed by atoms with Gasteiger partial charge in [-0.05, 0) is 60.0 Å². The highest BCUT2D eigenvalue weighted by Gasteiger charge is 2.20. The third-order valence-corrected chi connectivity index (χ3v) is 6.06. The highest BCUT2D eigenvalue weighted by molar-refractivity contribution is 6.30. The van der Waals surface area contributed by atoms with Crippen LogP contribution in [0.4, 0.5) is 4.39 Å². The Morgan fingerprint density at radius 1 is 1.05 bits per heavy atom. The first-order valence-corrected chi connectivity index (χ1v) is 11.9. The molecular weight excluding hydrogens is 515 g/mol. The van der Waals surface area contributed by atoms with Crippen molar-refractivity contribution in [2.24, 2.45) is 0 Å². The molecule has 4 rings (SSSR count). The van der Waals surface area contributed by atoms with Crippen LogP contribution in [0.25, 0.3) is 10.9 Å². The fourth-order valence-corrected chi connectivity index (χ4v) is 4.04. The van der Waals surface area contributed by atoms with E-state index >= 15 is 0 Å². The lowest BCUT2D eigenvalue weighted by Gasteiger charge is -2.18. The average molecular weight is 539 g/mol. The predicted octanol–water partition coefficient (Wildman–Crippen LogP) is 5.00. The molecule has 0 aliphatic rings. The zero-order valence-electron chi connectivity index (χ0n) is 20.3. The summed E-state index contributed by atoms with van der Waals surface area (Å²) in [7, 11) is 1.51. The van der Waals surface area contributed by atoms with Crippen LogP contribution in [0.5, 0.6) is 11.5 Å². The third kappa shape index (κ3) is 6.56. The summed E-state index contributed by atoms with van der Waals surface area (Å²) >= 11 is 5.69. The van der Waals surface area contributed by atoms with Crippen LogP contribution in [0.3, 0.4) is 0 Å². The standard InChI is InChI=1S/C28H24ClFN2O6/c1-37-15-18(10-16-2-5-19(33)6-3-16)31-27(34)26-13-22(28(35)36)21-11-17(4-9-25(21)32-26)14-38-20-7-8-23(29)24(30)12-20/h2-9,11-13,18,33H,10,14-15H2,1H3,(H,31,34)(H,35,36)/t18-/m0/s1. The lowest BCUT2D eigenvalue weighted by molar-refractivity contribution is 0.0699. The van der Waals surface area contributed by atoms with Gasteiger partial charge in [0.15, 0.2) is 0 Å². The number of methoxy groups -OCH3 is 1. The molecule has 4 aromatic rings. The number of carbonyl (C=O) groups excluding carboxylic acids is 1. The van der Waals surface area contributed by atoms with E-state index in [0.29, 0.717) is 22.9 Å². The van der Waals surface area contributed by atoms with Gasteiger partial charge in [-0.25, -0.2) is 14.2 Å². The smallest absolute Gasteiger partial charge is 0.336 e. The quantitative estimate of drug-likeness (QED) is 0.260. The molecule has 0 unspecified atom stereocenters. The number of ether oxygens (including phenoxy) is 2. The van der Waals surface area contributed by atoms with Crippen molar-refractivity contribution in [1.82, 2.24) is 10.3 Å². The van der Waals surface area contributed by atoms with Crippen molar-refractivity contribution in [3.8, 4) is 11.5 Å². The van der Waals surface area contributed by atoms with E-state index in [1.165, 1.54) is 25.3 Å². The van der Waals surface area contributed by atoms with E-state index in [1.54, 1.807) is 42.5 Å². The number of nitrogens with zero attached hydrogens (tertiary/aromatic N) is 1. The number of aromatic carboxylic acids is 1. The van der Waals surface area contributed by atoms with Gasteiger partial charge in [-0.2, -0.15) is 0 Å². The Balaban J connectivity index is 1.55. The van der Waals surface area contributed by atoms with Gasteiger partial charge in [-0.1, -0.05) is 29.8 Å². The molecule has 10 heteroatoms. The van der Waals surface area contributed by atoms with Crippen molar-refractivity contribution < 1.29 is 33.7 Å². The molecule has 38 heavy (non-hydrogen) atoms. The number of benzene rings is 3. The summed E-state index contributed by atoms with van der Waals surface area (Å²) in [5.74, 6) is -1.97. The van der Waals surface area contributed by atoms with Gasteiger partial charge in [-0.3, -0.25) is 4.79 Å². The number of aromatic nitrogens is 1. The van der Waals surface area contributed by atoms with Crippen molar-refractivity contribution in [2.75, 3.05) is 13.7 Å². The molecule has 0 aliphatic carbocycles. The molecule has 1 amide bonds. The lowest BCUT2D eigenvalue weighted by Crippen LogP contribution is -2.40. The van der Waals surface area contributed by atoms with Crippen LogP contribution in [0, 0.1) is 5.82 Å². The number of carboxylic acids is 1. The number of hydrogen-bond donors (Lipinski definition) is 3. The molecule has 0 radical (unpaired) electrons. The van der Waals surface area contributed by atoms with Gasteiger partial charge in [0.05, 0.1) is 28.8 Å². The van der Waals surface area contributed by atoms with Gasteiger partial charge in [0.1, 0.15) is 29.6 Å². The minimum absolute atomic E-state index is 0.0195. The van der Waals surface area contributed by atoms with Crippen LogP contribution >= 0.6 is 11.6 Å². The van der Waals surface area contributed by atoms with E-state index in [-0.39, 0.29) is 41.0 Å². The molecule has 0 fully saturated rings. The number of phenols is 1. The highest BCUT2D eigenvalue weighted by Crippen LogP contribution is 2.24. The Hall–Kier alpha value is -4.21. The molecule has 1 atom stereocenters. The molecule has 1 aromatic heterocycles. The Kier molecular flexibility index (Phi) is 8.40. The van der Waals surface area contributed by atoms with Crippen molar-refractivity contribution in [2.45, 2.75) is 19.1 Å². The van der Waals surface area contributed by atoms with E-state index in [9.17, 15) is 24.2 Å². The summed E-state index contributed by atoms with van der Waals surface area (Å²) in [4.78, 5) is 29.5. The van der Waals surface area contributed by atoms with Crippen molar-refractivity contribution >= 4 is 34.4 Å². The summed E-state index contributed by atoms with van der Waals surface area (Å²) in [5.41, 5.74) is 1.67. The predicted molar refractivity (Wildman–Crippen MR) is 139 cm³/mol. The maximum Gasteiger partial charge on any atom is 0.336 e. The van der Waals surface area contributed by atoms with Crippen LogP contribution in [-0.4, -0.2) is 46.8 Å². The van der Waals surface area contributed by atoms with Gasteiger partial charge in [0.25, 0.3) is 5.91 Å². The number of rotatable bonds is 10.